The predicted octanol–water partition coefficient (Wildman–Crippen LogP) is 3.43. The van der Waals surface area contributed by atoms with Gasteiger partial charge in [0.25, 0.3) is 0 Å². The number of para-hydroxylation sites is 2. The van der Waals surface area contributed by atoms with E-state index in [1.807, 2.05) is 12.3 Å². The number of hydrogen-bond acceptors (Lipinski definition) is 4. The molecule has 3 atom stereocenters. The van der Waals surface area contributed by atoms with Crippen LogP contribution < -0.4 is 5.73 Å². The Morgan fingerprint density at radius 1 is 1.15 bits per heavy atom. The van der Waals surface area contributed by atoms with Crippen LogP contribution in [0.3, 0.4) is 0 Å². The molecule has 1 unspecified atom stereocenters. The van der Waals surface area contributed by atoms with Crippen molar-refractivity contribution in [1.29, 1.82) is 0 Å². The molecule has 2 aliphatic rings. The number of aryl methyl sites for hydroxylation is 1. The number of fused-ring (bicyclic) bond motifs is 2. The van der Waals surface area contributed by atoms with E-state index in [1.165, 1.54) is 30.5 Å². The molecule has 1 saturated carbocycles. The first-order chi connectivity index (χ1) is 13.3. The van der Waals surface area contributed by atoms with Gasteiger partial charge >= 0.3 is 0 Å². The molecule has 5 nitrogen and oxygen atoms in total. The van der Waals surface area contributed by atoms with Crippen LogP contribution in [0.2, 0.25) is 0 Å². The highest BCUT2D eigenvalue weighted by atomic mass is 15.2. The topological polar surface area (TPSA) is 70.8 Å². The minimum Gasteiger partial charge on any atom is -0.341 e. The molecule has 27 heavy (non-hydrogen) atoms. The highest BCUT2D eigenvalue weighted by Crippen LogP contribution is 2.41. The van der Waals surface area contributed by atoms with Crippen LogP contribution in [0.1, 0.15) is 42.4 Å². The lowest BCUT2D eigenvalue weighted by atomic mass is 9.90. The minimum absolute atomic E-state index is 0.377. The fraction of sp³-hybridized carbons (Fsp3) is 0.455. The first-order valence-corrected chi connectivity index (χ1v) is 10.1. The molecule has 140 valence electrons. The zero-order chi connectivity index (χ0) is 18.2. The Morgan fingerprint density at radius 2 is 2.07 bits per heavy atom. The van der Waals surface area contributed by atoms with E-state index in [9.17, 15) is 0 Å². The summed E-state index contributed by atoms with van der Waals surface area (Å²) in [5, 5.41) is 0. The number of H-pyrrole nitrogens is 1. The average Bonchev–Trinajstić information content (AvgIpc) is 3.34. The van der Waals surface area contributed by atoms with E-state index in [0.29, 0.717) is 17.9 Å². The monoisotopic (exact) mass is 361 g/mol. The zero-order valence-corrected chi connectivity index (χ0v) is 15.6. The molecule has 0 bridgehead atoms. The molecular formula is C22H27N5. The van der Waals surface area contributed by atoms with Gasteiger partial charge in [0.15, 0.2) is 0 Å². The van der Waals surface area contributed by atoms with Crippen molar-refractivity contribution in [3.8, 4) is 0 Å². The third-order valence-electron chi connectivity index (χ3n) is 6.24. The molecule has 0 amide bonds. The van der Waals surface area contributed by atoms with Crippen LogP contribution in [-0.4, -0.2) is 32.9 Å². The number of hydrogen-bond donors (Lipinski definition) is 2. The number of benzene rings is 1. The number of aromatic nitrogens is 3. The lowest BCUT2D eigenvalue weighted by molar-refractivity contribution is 0.152. The van der Waals surface area contributed by atoms with Gasteiger partial charge in [-0.05, 0) is 67.8 Å². The Bertz CT molecular complexity index is 900. The average molecular weight is 361 g/mol. The first-order valence-electron chi connectivity index (χ1n) is 10.1. The summed E-state index contributed by atoms with van der Waals surface area (Å²) in [6.07, 6.45) is 6.74. The van der Waals surface area contributed by atoms with E-state index >= 15 is 0 Å². The van der Waals surface area contributed by atoms with Crippen LogP contribution >= 0.6 is 0 Å². The number of nitrogens with one attached hydrogen (secondary N) is 1. The van der Waals surface area contributed by atoms with Gasteiger partial charge in [0, 0.05) is 12.7 Å². The smallest absolute Gasteiger partial charge is 0.121 e. The molecule has 2 heterocycles. The molecule has 0 aliphatic heterocycles. The number of nitrogens with zero attached hydrogens (tertiary/aromatic N) is 3. The Labute approximate surface area is 160 Å². The van der Waals surface area contributed by atoms with E-state index in [4.69, 9.17) is 15.7 Å². The van der Waals surface area contributed by atoms with Gasteiger partial charge in [0.05, 0.1) is 29.3 Å². The summed E-state index contributed by atoms with van der Waals surface area (Å²) in [7, 11) is 0. The molecule has 3 aromatic rings. The SMILES string of the molecule is NC[C@H]1C[C@H]1CN(Cc1nc2ccccc2[nH]1)C1CCCc2cccnc21. The summed E-state index contributed by atoms with van der Waals surface area (Å²) < 4.78 is 0. The van der Waals surface area contributed by atoms with Gasteiger partial charge in [-0.15, -0.1) is 0 Å². The van der Waals surface area contributed by atoms with Crippen LogP contribution in [0.5, 0.6) is 0 Å². The number of nitrogens with two attached hydrogens (primary N) is 1. The third kappa shape index (κ3) is 3.37. The fourth-order valence-corrected chi connectivity index (χ4v) is 4.64. The molecular weight excluding hydrogens is 334 g/mol. The first kappa shape index (κ1) is 16.9. The number of pyridine rings is 1. The van der Waals surface area contributed by atoms with Crippen LogP contribution in [0, 0.1) is 11.8 Å². The molecule has 5 heteroatoms. The van der Waals surface area contributed by atoms with E-state index < -0.39 is 0 Å². The zero-order valence-electron chi connectivity index (χ0n) is 15.6. The van der Waals surface area contributed by atoms with Crippen LogP contribution in [-0.2, 0) is 13.0 Å². The van der Waals surface area contributed by atoms with Gasteiger partial charge in [0.2, 0.25) is 0 Å². The second-order valence-electron chi connectivity index (χ2n) is 8.08. The van der Waals surface area contributed by atoms with Gasteiger partial charge < -0.3 is 10.7 Å². The van der Waals surface area contributed by atoms with Crippen molar-refractivity contribution in [3.05, 3.63) is 59.7 Å². The van der Waals surface area contributed by atoms with Crippen molar-refractivity contribution in [2.75, 3.05) is 13.1 Å². The maximum atomic E-state index is 5.91. The van der Waals surface area contributed by atoms with Crippen LogP contribution in [0.15, 0.2) is 42.6 Å². The standard InChI is InChI=1S/C22H27N5/c23-12-16-11-17(16)13-27(14-21-25-18-7-1-2-8-19(18)26-21)20-9-3-5-15-6-4-10-24-22(15)20/h1-2,4,6-8,10,16-17,20H,3,5,9,11-14,23H2,(H,25,26)/t16-,17+,20?/m1/s1. The summed E-state index contributed by atoms with van der Waals surface area (Å²) >= 11 is 0. The van der Waals surface area contributed by atoms with Crippen molar-refractivity contribution >= 4 is 11.0 Å². The van der Waals surface area contributed by atoms with Crippen molar-refractivity contribution in [3.63, 3.8) is 0 Å². The molecule has 0 radical (unpaired) electrons. The van der Waals surface area contributed by atoms with Gasteiger partial charge in [-0.1, -0.05) is 18.2 Å². The summed E-state index contributed by atoms with van der Waals surface area (Å²) in [6.45, 7) is 2.73. The van der Waals surface area contributed by atoms with Gasteiger partial charge in [0.1, 0.15) is 5.82 Å². The minimum atomic E-state index is 0.377. The predicted molar refractivity (Wildman–Crippen MR) is 107 cm³/mol. The summed E-state index contributed by atoms with van der Waals surface area (Å²) in [6, 6.07) is 13.0. The Kier molecular flexibility index (Phi) is 4.42. The van der Waals surface area contributed by atoms with E-state index in [2.05, 4.69) is 40.2 Å². The lowest BCUT2D eigenvalue weighted by Crippen LogP contribution is -2.34. The number of aromatic amines is 1. The van der Waals surface area contributed by atoms with Gasteiger partial charge in [-0.3, -0.25) is 9.88 Å². The normalized spacial score (nSPS) is 24.3. The largest absolute Gasteiger partial charge is 0.341 e. The van der Waals surface area contributed by atoms with E-state index in [1.54, 1.807) is 0 Å². The highest BCUT2D eigenvalue weighted by Gasteiger charge is 2.39. The summed E-state index contributed by atoms with van der Waals surface area (Å²) in [4.78, 5) is 15.7. The number of rotatable bonds is 6. The van der Waals surface area contributed by atoms with E-state index in [0.717, 1.165) is 42.9 Å². The summed E-state index contributed by atoms with van der Waals surface area (Å²) in [5.74, 6) is 2.45. The molecule has 5 rings (SSSR count). The molecule has 0 spiro atoms. The van der Waals surface area contributed by atoms with Crippen molar-refractivity contribution in [2.24, 2.45) is 17.6 Å². The molecule has 1 aromatic carbocycles. The van der Waals surface area contributed by atoms with Crippen LogP contribution in [0.25, 0.3) is 11.0 Å². The Morgan fingerprint density at radius 3 is 2.93 bits per heavy atom. The molecule has 2 aliphatic carbocycles. The second kappa shape index (κ2) is 7.06. The van der Waals surface area contributed by atoms with Gasteiger partial charge in [-0.25, -0.2) is 4.98 Å². The van der Waals surface area contributed by atoms with Crippen LogP contribution in [0.4, 0.5) is 0 Å². The maximum absolute atomic E-state index is 5.91. The maximum Gasteiger partial charge on any atom is 0.121 e. The van der Waals surface area contributed by atoms with Crippen molar-refractivity contribution < 1.29 is 0 Å². The molecule has 1 fully saturated rings. The molecule has 3 N–H and O–H groups in total. The fourth-order valence-electron chi connectivity index (χ4n) is 4.64. The van der Waals surface area contributed by atoms with Crippen molar-refractivity contribution in [1.82, 2.24) is 19.9 Å². The van der Waals surface area contributed by atoms with Crippen molar-refractivity contribution in [2.45, 2.75) is 38.3 Å². The molecule has 2 aromatic heterocycles. The summed E-state index contributed by atoms with van der Waals surface area (Å²) in [5.41, 5.74) is 10.7. The van der Waals surface area contributed by atoms with Gasteiger partial charge in [-0.2, -0.15) is 0 Å². The highest BCUT2D eigenvalue weighted by molar-refractivity contribution is 5.74. The Hall–Kier alpha value is -2.24. The third-order valence-corrected chi connectivity index (χ3v) is 6.24. The lowest BCUT2D eigenvalue weighted by Gasteiger charge is -2.34. The second-order valence-corrected chi connectivity index (χ2v) is 8.08. The quantitative estimate of drug-likeness (QED) is 0.706. The Balaban J connectivity index is 1.44. The molecule has 0 saturated heterocycles. The van der Waals surface area contributed by atoms with E-state index in [-0.39, 0.29) is 0 Å². The number of imidazole rings is 1.